The minimum absolute atomic E-state index is 0.256. The van der Waals surface area contributed by atoms with E-state index in [-0.39, 0.29) is 6.54 Å². The van der Waals surface area contributed by atoms with Gasteiger partial charge < -0.3 is 10.6 Å². The Morgan fingerprint density at radius 3 is 2.86 bits per heavy atom. The Hall–Kier alpha value is -2.89. The van der Waals surface area contributed by atoms with Crippen molar-refractivity contribution in [1.29, 1.82) is 0 Å². The van der Waals surface area contributed by atoms with Crippen LogP contribution in [0.2, 0.25) is 0 Å². The molecule has 108 valence electrons. The zero-order chi connectivity index (χ0) is 15.1. The molecule has 0 aliphatic rings. The van der Waals surface area contributed by atoms with Crippen LogP contribution in [-0.2, 0) is 16.1 Å². The maximum atomic E-state index is 11.7. The third-order valence-electron chi connectivity index (χ3n) is 2.70. The maximum Gasteiger partial charge on any atom is 0.313 e. The topological polar surface area (TPSA) is 76.0 Å². The van der Waals surface area contributed by atoms with Crippen LogP contribution in [0.5, 0.6) is 0 Å². The van der Waals surface area contributed by atoms with E-state index in [1.54, 1.807) is 23.0 Å². The minimum atomic E-state index is -0.701. The Kier molecular flexibility index (Phi) is 4.87. The van der Waals surface area contributed by atoms with Gasteiger partial charge in [-0.2, -0.15) is 5.10 Å². The number of anilines is 1. The van der Waals surface area contributed by atoms with Crippen molar-refractivity contribution in [1.82, 2.24) is 15.1 Å². The second-order valence-corrected chi connectivity index (χ2v) is 4.36. The predicted molar refractivity (Wildman–Crippen MR) is 79.6 cm³/mol. The third-order valence-corrected chi connectivity index (χ3v) is 2.70. The molecule has 0 aliphatic carbocycles. The summed E-state index contributed by atoms with van der Waals surface area (Å²) in [4.78, 5) is 23.1. The van der Waals surface area contributed by atoms with E-state index in [9.17, 15) is 9.59 Å². The molecule has 1 aromatic carbocycles. The zero-order valence-electron chi connectivity index (χ0n) is 11.5. The van der Waals surface area contributed by atoms with Gasteiger partial charge in [-0.05, 0) is 23.8 Å². The van der Waals surface area contributed by atoms with Crippen LogP contribution in [0.3, 0.4) is 0 Å². The van der Waals surface area contributed by atoms with Crippen molar-refractivity contribution in [2.45, 2.75) is 6.54 Å². The van der Waals surface area contributed by atoms with Crippen molar-refractivity contribution in [2.75, 3.05) is 11.9 Å². The van der Waals surface area contributed by atoms with Gasteiger partial charge in [0.25, 0.3) is 0 Å². The van der Waals surface area contributed by atoms with E-state index in [1.807, 2.05) is 24.4 Å². The summed E-state index contributed by atoms with van der Waals surface area (Å²) in [5.41, 5.74) is 1.54. The second kappa shape index (κ2) is 7.04. The van der Waals surface area contributed by atoms with Crippen molar-refractivity contribution in [2.24, 2.45) is 0 Å². The molecule has 0 saturated carbocycles. The van der Waals surface area contributed by atoms with Crippen LogP contribution in [0.1, 0.15) is 5.56 Å². The van der Waals surface area contributed by atoms with Crippen LogP contribution < -0.4 is 10.6 Å². The maximum absolute atomic E-state index is 11.7. The number of benzene rings is 1. The summed E-state index contributed by atoms with van der Waals surface area (Å²) in [7, 11) is 0. The van der Waals surface area contributed by atoms with Crippen LogP contribution >= 0.6 is 0 Å². The number of amides is 2. The normalized spacial score (nSPS) is 9.90. The van der Waals surface area contributed by atoms with Crippen LogP contribution in [0.25, 0.3) is 0 Å². The molecular formula is C15H16N4O2. The lowest BCUT2D eigenvalue weighted by Crippen LogP contribution is -2.35. The summed E-state index contributed by atoms with van der Waals surface area (Å²) in [6.07, 6.45) is 5.07. The first-order chi connectivity index (χ1) is 10.2. The van der Waals surface area contributed by atoms with Crippen LogP contribution in [0.15, 0.2) is 55.4 Å². The molecule has 0 unspecified atom stereocenters. The number of aromatic nitrogens is 2. The zero-order valence-corrected chi connectivity index (χ0v) is 11.5. The van der Waals surface area contributed by atoms with Gasteiger partial charge in [0.15, 0.2) is 0 Å². The highest BCUT2D eigenvalue weighted by molar-refractivity contribution is 6.39. The SMILES string of the molecule is C=CCNC(=O)C(=O)Nc1cccc(Cn2cccn2)c1. The van der Waals surface area contributed by atoms with Gasteiger partial charge in [0.1, 0.15) is 0 Å². The van der Waals surface area contributed by atoms with Crippen molar-refractivity contribution in [3.63, 3.8) is 0 Å². The molecule has 2 rings (SSSR count). The quantitative estimate of drug-likeness (QED) is 0.639. The lowest BCUT2D eigenvalue weighted by molar-refractivity contribution is -0.136. The Balaban J connectivity index is 1.99. The smallest absolute Gasteiger partial charge is 0.313 e. The molecule has 0 fully saturated rings. The molecule has 0 bridgehead atoms. The van der Waals surface area contributed by atoms with Gasteiger partial charge in [-0.3, -0.25) is 14.3 Å². The molecule has 21 heavy (non-hydrogen) atoms. The molecule has 6 heteroatoms. The Labute approximate surface area is 122 Å². The molecule has 0 aliphatic heterocycles. The predicted octanol–water partition coefficient (Wildman–Crippen LogP) is 1.17. The summed E-state index contributed by atoms with van der Waals surface area (Å²) in [6.45, 7) is 4.32. The molecular weight excluding hydrogens is 268 g/mol. The molecule has 0 atom stereocenters. The van der Waals surface area contributed by atoms with Crippen LogP contribution in [0.4, 0.5) is 5.69 Å². The third kappa shape index (κ3) is 4.31. The molecule has 2 amide bonds. The van der Waals surface area contributed by atoms with Crippen LogP contribution in [-0.4, -0.2) is 28.1 Å². The highest BCUT2D eigenvalue weighted by Crippen LogP contribution is 2.11. The summed E-state index contributed by atoms with van der Waals surface area (Å²) in [6, 6.07) is 9.12. The lowest BCUT2D eigenvalue weighted by atomic mass is 10.2. The molecule has 2 aromatic rings. The molecule has 2 N–H and O–H groups in total. The summed E-state index contributed by atoms with van der Waals surface area (Å²) >= 11 is 0. The van der Waals surface area contributed by atoms with Gasteiger partial charge in [-0.15, -0.1) is 6.58 Å². The number of nitrogens with one attached hydrogen (secondary N) is 2. The van der Waals surface area contributed by atoms with Crippen LogP contribution in [0, 0.1) is 0 Å². The van der Waals surface area contributed by atoms with Gasteiger partial charge in [0.2, 0.25) is 0 Å². The van der Waals surface area contributed by atoms with E-state index in [0.717, 1.165) is 5.56 Å². The summed E-state index contributed by atoms with van der Waals surface area (Å²) in [5, 5.41) is 9.10. The van der Waals surface area contributed by atoms with E-state index < -0.39 is 11.8 Å². The van der Waals surface area contributed by atoms with Crippen molar-refractivity contribution < 1.29 is 9.59 Å². The van der Waals surface area contributed by atoms with Gasteiger partial charge in [0, 0.05) is 24.6 Å². The molecule has 6 nitrogen and oxygen atoms in total. The number of carbonyl (C=O) groups is 2. The first-order valence-electron chi connectivity index (χ1n) is 6.45. The molecule has 1 aromatic heterocycles. The Bertz CT molecular complexity index is 635. The van der Waals surface area contributed by atoms with E-state index in [2.05, 4.69) is 22.3 Å². The van der Waals surface area contributed by atoms with Gasteiger partial charge in [-0.1, -0.05) is 18.2 Å². The molecule has 0 radical (unpaired) electrons. The number of hydrogen-bond acceptors (Lipinski definition) is 3. The molecule has 0 spiro atoms. The fraction of sp³-hybridized carbons (Fsp3) is 0.133. The van der Waals surface area contributed by atoms with Gasteiger partial charge in [-0.25, -0.2) is 0 Å². The monoisotopic (exact) mass is 284 g/mol. The summed E-state index contributed by atoms with van der Waals surface area (Å²) in [5.74, 6) is -1.39. The average molecular weight is 284 g/mol. The number of hydrogen-bond donors (Lipinski definition) is 2. The van der Waals surface area contributed by atoms with E-state index in [4.69, 9.17) is 0 Å². The average Bonchev–Trinajstić information content (AvgIpc) is 2.98. The Morgan fingerprint density at radius 1 is 1.29 bits per heavy atom. The number of carbonyl (C=O) groups excluding carboxylic acids is 2. The number of rotatable bonds is 5. The first-order valence-corrected chi connectivity index (χ1v) is 6.45. The van der Waals surface area contributed by atoms with E-state index in [0.29, 0.717) is 12.2 Å². The second-order valence-electron chi connectivity index (χ2n) is 4.36. The lowest BCUT2D eigenvalue weighted by Gasteiger charge is -2.07. The fourth-order valence-corrected chi connectivity index (χ4v) is 1.76. The van der Waals surface area contributed by atoms with E-state index in [1.165, 1.54) is 6.08 Å². The van der Waals surface area contributed by atoms with Gasteiger partial charge >= 0.3 is 11.8 Å². The fourth-order valence-electron chi connectivity index (χ4n) is 1.76. The largest absolute Gasteiger partial charge is 0.344 e. The Morgan fingerprint density at radius 2 is 2.14 bits per heavy atom. The standard InChI is InChI=1S/C15H16N4O2/c1-2-7-16-14(20)15(21)18-13-6-3-5-12(10-13)11-19-9-4-8-17-19/h2-6,8-10H,1,7,11H2,(H,16,20)(H,18,21). The van der Waals surface area contributed by atoms with Crippen molar-refractivity contribution in [3.05, 3.63) is 60.9 Å². The molecule has 1 heterocycles. The highest BCUT2D eigenvalue weighted by atomic mass is 16.2. The van der Waals surface area contributed by atoms with Gasteiger partial charge in [0.05, 0.1) is 6.54 Å². The number of nitrogens with zero attached hydrogens (tertiary/aromatic N) is 2. The van der Waals surface area contributed by atoms with Crippen molar-refractivity contribution >= 4 is 17.5 Å². The van der Waals surface area contributed by atoms with E-state index >= 15 is 0 Å². The first kappa shape index (κ1) is 14.5. The van der Waals surface area contributed by atoms with Crippen molar-refractivity contribution in [3.8, 4) is 0 Å². The highest BCUT2D eigenvalue weighted by Gasteiger charge is 2.12. The minimum Gasteiger partial charge on any atom is -0.344 e. The molecule has 0 saturated heterocycles. The summed E-state index contributed by atoms with van der Waals surface area (Å²) < 4.78 is 1.78.